The molecule has 0 spiro atoms. The van der Waals surface area contributed by atoms with Crippen molar-refractivity contribution in [3.05, 3.63) is 29.3 Å². The number of benzene rings is 1. The average molecular weight is 402 g/mol. The van der Waals surface area contributed by atoms with Crippen molar-refractivity contribution in [1.29, 1.82) is 0 Å². The number of fused-ring (bicyclic) bond motifs is 1. The number of methoxy groups -OCH3 is 1. The fourth-order valence-electron chi connectivity index (χ4n) is 5.70. The highest BCUT2D eigenvalue weighted by molar-refractivity contribution is 5.95. The molecule has 29 heavy (non-hydrogen) atoms. The Morgan fingerprint density at radius 2 is 2.03 bits per heavy atom. The number of piperidine rings is 1. The molecule has 2 heterocycles. The molecule has 2 bridgehead atoms. The van der Waals surface area contributed by atoms with Crippen molar-refractivity contribution in [3.63, 3.8) is 0 Å². The molecule has 1 aromatic rings. The molecule has 3 unspecified atom stereocenters. The highest BCUT2D eigenvalue weighted by atomic mass is 16.5. The molecule has 2 N–H and O–H groups in total. The van der Waals surface area contributed by atoms with Crippen molar-refractivity contribution in [3.8, 4) is 5.75 Å². The molecular weight excluding hydrogens is 370 g/mol. The number of carbonyl (C=O) groups is 2. The number of hydrogen-bond acceptors (Lipinski definition) is 5. The number of nitrogens with zero attached hydrogens (tertiary/aromatic N) is 2. The van der Waals surface area contributed by atoms with Gasteiger partial charge in [-0.1, -0.05) is 6.07 Å². The monoisotopic (exact) mass is 401 g/mol. The summed E-state index contributed by atoms with van der Waals surface area (Å²) in [4.78, 5) is 29.4. The first-order chi connectivity index (χ1) is 13.9. The average Bonchev–Trinajstić information content (AvgIpc) is 2.73. The predicted octanol–water partition coefficient (Wildman–Crippen LogP) is 1.67. The van der Waals surface area contributed by atoms with Gasteiger partial charge in [0.2, 0.25) is 5.91 Å². The molecule has 0 radical (unpaired) electrons. The minimum atomic E-state index is -1.11. The number of carbonyl (C=O) groups excluding carboxylic acids is 2. The number of rotatable bonds is 3. The molecule has 7 heteroatoms. The van der Waals surface area contributed by atoms with E-state index in [-0.39, 0.29) is 24.4 Å². The van der Waals surface area contributed by atoms with Crippen molar-refractivity contribution in [2.75, 3.05) is 33.3 Å². The Labute approximate surface area is 172 Å². The van der Waals surface area contributed by atoms with Gasteiger partial charge in [-0.25, -0.2) is 4.79 Å². The molecule has 1 aromatic carbocycles. The molecule has 1 aliphatic carbocycles. The van der Waals surface area contributed by atoms with E-state index in [2.05, 4.69) is 5.32 Å². The summed E-state index contributed by atoms with van der Waals surface area (Å²) in [7, 11) is 1.63. The van der Waals surface area contributed by atoms with Crippen LogP contribution >= 0.6 is 0 Å². The second-order valence-corrected chi connectivity index (χ2v) is 8.42. The topological polar surface area (TPSA) is 82.1 Å². The molecule has 3 amide bonds. The molecule has 2 aliphatic heterocycles. The highest BCUT2D eigenvalue weighted by Gasteiger charge is 2.62. The maximum Gasteiger partial charge on any atom is 0.326 e. The van der Waals surface area contributed by atoms with Gasteiger partial charge in [0.25, 0.3) is 0 Å². The van der Waals surface area contributed by atoms with E-state index in [1.165, 1.54) is 4.90 Å². The van der Waals surface area contributed by atoms with Crippen LogP contribution in [-0.4, -0.2) is 71.8 Å². The lowest BCUT2D eigenvalue weighted by molar-refractivity contribution is -0.140. The molecule has 158 valence electrons. The largest absolute Gasteiger partial charge is 0.497 e. The van der Waals surface area contributed by atoms with Gasteiger partial charge in [-0.05, 0) is 62.9 Å². The zero-order valence-corrected chi connectivity index (χ0v) is 17.5. The van der Waals surface area contributed by atoms with Crippen molar-refractivity contribution in [1.82, 2.24) is 15.1 Å². The fourth-order valence-corrected chi connectivity index (χ4v) is 5.70. The number of nitrogens with one attached hydrogen (secondary N) is 1. The summed E-state index contributed by atoms with van der Waals surface area (Å²) in [6, 6.07) is 5.57. The van der Waals surface area contributed by atoms with E-state index in [0.29, 0.717) is 38.9 Å². The van der Waals surface area contributed by atoms with Crippen LogP contribution in [0.4, 0.5) is 4.79 Å². The van der Waals surface area contributed by atoms with E-state index in [1.807, 2.05) is 32.0 Å². The summed E-state index contributed by atoms with van der Waals surface area (Å²) in [6.07, 6.45) is 1.90. The number of amides is 3. The highest BCUT2D eigenvalue weighted by Crippen LogP contribution is 2.53. The van der Waals surface area contributed by atoms with Gasteiger partial charge in [0.05, 0.1) is 12.7 Å². The Balaban J connectivity index is 1.91. The Kier molecular flexibility index (Phi) is 5.07. The van der Waals surface area contributed by atoms with Gasteiger partial charge in [0.1, 0.15) is 5.75 Å². The van der Waals surface area contributed by atoms with E-state index in [4.69, 9.17) is 4.74 Å². The van der Waals surface area contributed by atoms with Crippen LogP contribution in [0, 0.1) is 0 Å². The minimum Gasteiger partial charge on any atom is -0.497 e. The Bertz CT molecular complexity index is 828. The summed E-state index contributed by atoms with van der Waals surface area (Å²) >= 11 is 0. The number of urea groups is 1. The Morgan fingerprint density at radius 3 is 2.72 bits per heavy atom. The summed E-state index contributed by atoms with van der Waals surface area (Å²) in [5.41, 5.74) is 0.289. The van der Waals surface area contributed by atoms with Gasteiger partial charge < -0.3 is 20.1 Å². The van der Waals surface area contributed by atoms with Crippen molar-refractivity contribution < 1.29 is 19.4 Å². The smallest absolute Gasteiger partial charge is 0.326 e. The molecule has 7 nitrogen and oxygen atoms in total. The minimum absolute atomic E-state index is 0.124. The third-order valence-electron chi connectivity index (χ3n) is 7.32. The molecule has 4 rings (SSSR count). The van der Waals surface area contributed by atoms with Crippen LogP contribution in [0.25, 0.3) is 0 Å². The summed E-state index contributed by atoms with van der Waals surface area (Å²) in [5, 5.41) is 15.7. The van der Waals surface area contributed by atoms with Gasteiger partial charge in [-0.15, -0.1) is 0 Å². The van der Waals surface area contributed by atoms with Crippen molar-refractivity contribution in [2.45, 2.75) is 56.6 Å². The number of imide groups is 1. The van der Waals surface area contributed by atoms with E-state index >= 15 is 0 Å². The van der Waals surface area contributed by atoms with Gasteiger partial charge in [-0.3, -0.25) is 9.69 Å². The maximum absolute atomic E-state index is 13.4. The molecule has 3 aliphatic rings. The first-order valence-electron chi connectivity index (χ1n) is 10.6. The first-order valence-corrected chi connectivity index (χ1v) is 10.6. The van der Waals surface area contributed by atoms with Gasteiger partial charge >= 0.3 is 6.03 Å². The van der Waals surface area contributed by atoms with E-state index < -0.39 is 11.0 Å². The normalized spacial score (nSPS) is 32.1. The van der Waals surface area contributed by atoms with Crippen LogP contribution in [0.2, 0.25) is 0 Å². The zero-order valence-electron chi connectivity index (χ0n) is 17.5. The van der Waals surface area contributed by atoms with E-state index in [1.54, 1.807) is 12.0 Å². The number of aliphatic hydroxyl groups is 1. The predicted molar refractivity (Wildman–Crippen MR) is 109 cm³/mol. The van der Waals surface area contributed by atoms with Crippen molar-refractivity contribution in [2.24, 2.45) is 0 Å². The van der Waals surface area contributed by atoms with Crippen molar-refractivity contribution >= 4 is 11.9 Å². The molecular formula is C22H31N3O4. The first kappa shape index (κ1) is 20.2. The molecule has 3 atom stereocenters. The standard InChI is InChI=1S/C22H31N3O4/c1-4-24-11-9-22(28)18-12-15-6-7-16(29-3)13-17(15)21(22,8-10-23-18)14-19(26)25(5-2)20(24)27/h6-7,13,18,23,28H,4-5,8-12,14H2,1-3H3. The van der Waals surface area contributed by atoms with Gasteiger partial charge in [-0.2, -0.15) is 0 Å². The van der Waals surface area contributed by atoms with E-state index in [9.17, 15) is 14.7 Å². The maximum atomic E-state index is 13.4. The van der Waals surface area contributed by atoms with E-state index in [0.717, 1.165) is 23.4 Å². The van der Waals surface area contributed by atoms with Crippen LogP contribution in [0.3, 0.4) is 0 Å². The second kappa shape index (κ2) is 7.29. The van der Waals surface area contributed by atoms with Gasteiger partial charge in [0, 0.05) is 37.5 Å². The molecule has 2 saturated heterocycles. The van der Waals surface area contributed by atoms with Crippen LogP contribution < -0.4 is 10.1 Å². The lowest BCUT2D eigenvalue weighted by Crippen LogP contribution is -2.71. The summed E-state index contributed by atoms with van der Waals surface area (Å²) in [6.45, 7) is 5.73. The van der Waals surface area contributed by atoms with Crippen LogP contribution in [0.5, 0.6) is 5.75 Å². The lowest BCUT2D eigenvalue weighted by atomic mass is 9.52. The SMILES string of the molecule is CCN1CCC2(O)C3Cc4ccc(OC)cc4C2(CCN3)CC(=O)N(CC)C1=O. The lowest BCUT2D eigenvalue weighted by Gasteiger charge is -2.58. The zero-order chi connectivity index (χ0) is 20.8. The molecule has 0 aromatic heterocycles. The quantitative estimate of drug-likeness (QED) is 0.805. The summed E-state index contributed by atoms with van der Waals surface area (Å²) in [5.74, 6) is 0.510. The van der Waals surface area contributed by atoms with Crippen LogP contribution in [-0.2, 0) is 16.6 Å². The van der Waals surface area contributed by atoms with Gasteiger partial charge in [0.15, 0.2) is 0 Å². The van der Waals surface area contributed by atoms with Crippen LogP contribution in [0.15, 0.2) is 18.2 Å². The summed E-state index contributed by atoms with van der Waals surface area (Å²) < 4.78 is 5.47. The second-order valence-electron chi connectivity index (χ2n) is 8.42. The third kappa shape index (κ3) is 2.86. The number of ether oxygens (including phenoxy) is 1. The Hall–Kier alpha value is -2.12. The molecule has 2 fully saturated rings. The number of hydrogen-bond donors (Lipinski definition) is 2. The third-order valence-corrected chi connectivity index (χ3v) is 7.32. The Morgan fingerprint density at radius 1 is 1.24 bits per heavy atom. The molecule has 0 saturated carbocycles. The fraction of sp³-hybridized carbons (Fsp3) is 0.636. The van der Waals surface area contributed by atoms with Crippen LogP contribution in [0.1, 0.15) is 44.2 Å².